The number of hydrogen-bond acceptors (Lipinski definition) is 7. The predicted octanol–water partition coefficient (Wildman–Crippen LogP) is 3.87. The minimum absolute atomic E-state index is 0.0175. The minimum atomic E-state index is 0.0175. The van der Waals surface area contributed by atoms with Gasteiger partial charge in [-0.2, -0.15) is 15.0 Å². The number of hydrogen-bond donors (Lipinski definition) is 4. The van der Waals surface area contributed by atoms with Crippen LogP contribution in [0.3, 0.4) is 0 Å². The molecule has 1 unspecified atom stereocenters. The lowest BCUT2D eigenvalue weighted by molar-refractivity contribution is 0.391. The molecule has 1 atom stereocenters. The first-order valence-electron chi connectivity index (χ1n) is 10.00. The van der Waals surface area contributed by atoms with Crippen LogP contribution in [0.2, 0.25) is 0 Å². The van der Waals surface area contributed by atoms with E-state index in [1.807, 2.05) is 55.5 Å². The molecule has 5 N–H and O–H groups in total. The van der Waals surface area contributed by atoms with Crippen molar-refractivity contribution >= 4 is 28.6 Å². The van der Waals surface area contributed by atoms with E-state index in [0.717, 1.165) is 22.5 Å². The molecule has 0 aliphatic carbocycles. The van der Waals surface area contributed by atoms with Gasteiger partial charge in [0, 0.05) is 5.69 Å². The highest BCUT2D eigenvalue weighted by Gasteiger charge is 2.20. The number of nitrogens with zero attached hydrogens (tertiary/aromatic N) is 4. The maximum atomic E-state index is 5.92. The molecule has 2 aromatic heterocycles. The molecule has 0 spiro atoms. The highest BCUT2D eigenvalue weighted by molar-refractivity contribution is 5.74. The summed E-state index contributed by atoms with van der Waals surface area (Å²) in [7, 11) is 0. The van der Waals surface area contributed by atoms with E-state index in [-0.39, 0.29) is 12.0 Å². The van der Waals surface area contributed by atoms with Crippen LogP contribution in [-0.4, -0.2) is 24.9 Å². The van der Waals surface area contributed by atoms with Gasteiger partial charge in [-0.05, 0) is 37.1 Å². The van der Waals surface area contributed by atoms with Gasteiger partial charge in [-0.3, -0.25) is 0 Å². The highest BCUT2D eigenvalue weighted by atomic mass is 15.2. The molecule has 0 aliphatic heterocycles. The quantitative estimate of drug-likeness (QED) is 0.371. The SMILES string of the molecule is Cc1ccc(Nc2nc(N)nc(CNC(c3nc4ccccc4[nH]3)C(C)C)n2)cc1. The first-order valence-corrected chi connectivity index (χ1v) is 10.00. The van der Waals surface area contributed by atoms with E-state index in [1.165, 1.54) is 5.56 Å². The maximum absolute atomic E-state index is 5.92. The van der Waals surface area contributed by atoms with E-state index in [0.29, 0.717) is 24.2 Å². The zero-order valence-corrected chi connectivity index (χ0v) is 17.3. The van der Waals surface area contributed by atoms with Gasteiger partial charge in [-0.1, -0.05) is 43.7 Å². The number of benzene rings is 2. The summed E-state index contributed by atoms with van der Waals surface area (Å²) in [5, 5.41) is 6.69. The number of imidazole rings is 1. The standard InChI is InChI=1S/C22H26N8/c1-13(2)19(20-26-16-6-4-5-7-17(16)27-20)24-12-18-28-21(23)30-22(29-18)25-15-10-8-14(3)9-11-15/h4-11,13,19,24H,12H2,1-3H3,(H,26,27)(H3,23,25,28,29,30). The van der Waals surface area contributed by atoms with Crippen molar-refractivity contribution in [3.05, 3.63) is 65.7 Å². The normalized spacial score (nSPS) is 12.4. The molecule has 0 saturated heterocycles. The Balaban J connectivity index is 1.51. The van der Waals surface area contributed by atoms with Crippen molar-refractivity contribution in [3.8, 4) is 0 Å². The van der Waals surface area contributed by atoms with Gasteiger partial charge in [0.1, 0.15) is 11.6 Å². The van der Waals surface area contributed by atoms with Crippen LogP contribution < -0.4 is 16.4 Å². The molecule has 154 valence electrons. The molecule has 0 saturated carbocycles. The topological polar surface area (TPSA) is 117 Å². The van der Waals surface area contributed by atoms with E-state index in [9.17, 15) is 0 Å². The second-order valence-electron chi connectivity index (χ2n) is 7.67. The Bertz CT molecular complexity index is 1100. The van der Waals surface area contributed by atoms with Gasteiger partial charge in [0.2, 0.25) is 11.9 Å². The molecule has 0 aliphatic rings. The summed E-state index contributed by atoms with van der Waals surface area (Å²) < 4.78 is 0. The largest absolute Gasteiger partial charge is 0.368 e. The third kappa shape index (κ3) is 4.55. The molecule has 30 heavy (non-hydrogen) atoms. The van der Waals surface area contributed by atoms with Gasteiger partial charge in [-0.25, -0.2) is 4.98 Å². The summed E-state index contributed by atoms with van der Waals surface area (Å²) in [5.41, 5.74) is 9.97. The fourth-order valence-electron chi connectivity index (χ4n) is 3.31. The summed E-state index contributed by atoms with van der Waals surface area (Å²) in [6.07, 6.45) is 0. The van der Waals surface area contributed by atoms with Gasteiger partial charge in [0.15, 0.2) is 0 Å². The fraction of sp³-hybridized carbons (Fsp3) is 0.273. The number of nitrogen functional groups attached to an aromatic ring is 1. The Morgan fingerprint density at radius 3 is 2.47 bits per heavy atom. The van der Waals surface area contributed by atoms with Crippen LogP contribution >= 0.6 is 0 Å². The van der Waals surface area contributed by atoms with Crippen molar-refractivity contribution < 1.29 is 0 Å². The molecule has 8 heteroatoms. The molecular formula is C22H26N8. The molecule has 0 bridgehead atoms. The van der Waals surface area contributed by atoms with Crippen molar-refractivity contribution in [3.63, 3.8) is 0 Å². The molecule has 0 fully saturated rings. The number of anilines is 3. The first-order chi connectivity index (χ1) is 14.5. The number of aromatic nitrogens is 5. The summed E-state index contributed by atoms with van der Waals surface area (Å²) in [5.74, 6) is 2.38. The average molecular weight is 403 g/mol. The van der Waals surface area contributed by atoms with Crippen molar-refractivity contribution in [2.45, 2.75) is 33.4 Å². The number of nitrogens with one attached hydrogen (secondary N) is 3. The second-order valence-corrected chi connectivity index (χ2v) is 7.67. The van der Waals surface area contributed by atoms with Gasteiger partial charge >= 0.3 is 0 Å². The van der Waals surface area contributed by atoms with Crippen LogP contribution in [0.4, 0.5) is 17.6 Å². The van der Waals surface area contributed by atoms with E-state index < -0.39 is 0 Å². The molecule has 4 aromatic rings. The van der Waals surface area contributed by atoms with Crippen molar-refractivity contribution in [2.75, 3.05) is 11.1 Å². The van der Waals surface area contributed by atoms with Crippen LogP contribution in [0.5, 0.6) is 0 Å². The number of para-hydroxylation sites is 2. The molecule has 2 heterocycles. The lowest BCUT2D eigenvalue weighted by Crippen LogP contribution is -2.27. The van der Waals surface area contributed by atoms with Crippen LogP contribution in [-0.2, 0) is 6.54 Å². The van der Waals surface area contributed by atoms with Gasteiger partial charge in [-0.15, -0.1) is 0 Å². The van der Waals surface area contributed by atoms with Crippen LogP contribution in [0, 0.1) is 12.8 Å². The number of aryl methyl sites for hydroxylation is 1. The zero-order chi connectivity index (χ0) is 21.1. The third-order valence-corrected chi connectivity index (χ3v) is 4.86. The Morgan fingerprint density at radius 1 is 0.967 bits per heavy atom. The summed E-state index contributed by atoms with van der Waals surface area (Å²) in [4.78, 5) is 21.1. The fourth-order valence-corrected chi connectivity index (χ4v) is 3.31. The Kier molecular flexibility index (Phi) is 5.58. The van der Waals surface area contributed by atoms with Crippen LogP contribution in [0.1, 0.15) is 37.1 Å². The molecule has 0 radical (unpaired) electrons. The van der Waals surface area contributed by atoms with Gasteiger partial charge < -0.3 is 21.4 Å². The predicted molar refractivity (Wildman–Crippen MR) is 119 cm³/mol. The molecule has 8 nitrogen and oxygen atoms in total. The number of aromatic amines is 1. The summed E-state index contributed by atoms with van der Waals surface area (Å²) in [6.45, 7) is 6.78. The maximum Gasteiger partial charge on any atom is 0.232 e. The molecule has 0 amide bonds. The molecule has 4 rings (SSSR count). The monoisotopic (exact) mass is 402 g/mol. The number of rotatable bonds is 7. The average Bonchev–Trinajstić information content (AvgIpc) is 3.13. The highest BCUT2D eigenvalue weighted by Crippen LogP contribution is 2.22. The van der Waals surface area contributed by atoms with E-state index in [2.05, 4.69) is 44.4 Å². The Hall–Kier alpha value is -3.52. The number of H-pyrrole nitrogens is 1. The number of fused-ring (bicyclic) bond motifs is 1. The lowest BCUT2D eigenvalue weighted by Gasteiger charge is -2.20. The smallest absolute Gasteiger partial charge is 0.232 e. The van der Waals surface area contributed by atoms with Crippen LogP contribution in [0.25, 0.3) is 11.0 Å². The lowest BCUT2D eigenvalue weighted by atomic mass is 10.0. The number of nitrogens with two attached hydrogens (primary N) is 1. The van der Waals surface area contributed by atoms with E-state index in [1.54, 1.807) is 0 Å². The van der Waals surface area contributed by atoms with Crippen LogP contribution in [0.15, 0.2) is 48.5 Å². The van der Waals surface area contributed by atoms with E-state index in [4.69, 9.17) is 10.7 Å². The molecular weight excluding hydrogens is 376 g/mol. The minimum Gasteiger partial charge on any atom is -0.368 e. The van der Waals surface area contributed by atoms with Gasteiger partial charge in [0.05, 0.1) is 23.6 Å². The second kappa shape index (κ2) is 8.46. The summed E-state index contributed by atoms with van der Waals surface area (Å²) >= 11 is 0. The van der Waals surface area contributed by atoms with Crippen molar-refractivity contribution in [1.82, 2.24) is 30.2 Å². The third-order valence-electron chi connectivity index (χ3n) is 4.86. The van der Waals surface area contributed by atoms with Gasteiger partial charge in [0.25, 0.3) is 0 Å². The van der Waals surface area contributed by atoms with Crippen molar-refractivity contribution in [2.24, 2.45) is 5.92 Å². The Morgan fingerprint density at radius 2 is 1.73 bits per heavy atom. The van der Waals surface area contributed by atoms with Crippen molar-refractivity contribution in [1.29, 1.82) is 0 Å². The summed E-state index contributed by atoms with van der Waals surface area (Å²) in [6, 6.07) is 16.0. The molecule has 2 aromatic carbocycles. The first kappa shape index (κ1) is 19.8. The zero-order valence-electron chi connectivity index (χ0n) is 17.3. The van der Waals surface area contributed by atoms with E-state index >= 15 is 0 Å². The Labute approximate surface area is 175 Å².